The highest BCUT2D eigenvalue weighted by Gasteiger charge is 2.57. The quantitative estimate of drug-likeness (QED) is 0.280. The van der Waals surface area contributed by atoms with Crippen LogP contribution in [-0.2, 0) is 0 Å². The van der Waals surface area contributed by atoms with E-state index in [-0.39, 0.29) is 34.6 Å². The number of rotatable bonds is 4. The second kappa shape index (κ2) is 24.5. The molecule has 4 aliphatic carbocycles. The monoisotopic (exact) mass is 753 g/mol. The van der Waals surface area contributed by atoms with E-state index in [4.69, 9.17) is 16.4 Å². The van der Waals surface area contributed by atoms with Crippen LogP contribution in [0.3, 0.4) is 0 Å². The van der Waals surface area contributed by atoms with Gasteiger partial charge in [0.25, 0.3) is 0 Å². The van der Waals surface area contributed by atoms with E-state index < -0.39 is 5.60 Å². The molecule has 0 aromatic carbocycles. The fraction of sp³-hybridized carbons (Fsp3) is 0.520. The maximum atomic E-state index is 10.2. The lowest BCUT2D eigenvalue weighted by molar-refractivity contribution is -0.0828. The molecular weight excluding hydrogens is 665 g/mol. The Morgan fingerprint density at radius 2 is 1.13 bits per heavy atom. The Morgan fingerprint density at radius 1 is 0.667 bits per heavy atom. The van der Waals surface area contributed by atoms with Crippen molar-refractivity contribution in [1.82, 2.24) is 0 Å². The van der Waals surface area contributed by atoms with Gasteiger partial charge >= 0.3 is 0 Å². The van der Waals surface area contributed by atoms with E-state index in [0.29, 0.717) is 5.41 Å². The Bertz CT molecular complexity index is 2130. The molecule has 0 aromatic rings. The van der Waals surface area contributed by atoms with Crippen LogP contribution < -0.4 is 0 Å². The van der Waals surface area contributed by atoms with E-state index in [1.807, 2.05) is 13.8 Å². The van der Waals surface area contributed by atoms with Crippen molar-refractivity contribution in [2.45, 2.75) is 117 Å². The lowest BCUT2D eigenvalue weighted by atomic mass is 9.49. The van der Waals surface area contributed by atoms with E-state index in [1.54, 1.807) is 6.92 Å². The summed E-state index contributed by atoms with van der Waals surface area (Å²) in [6.07, 6.45) is 19.0. The van der Waals surface area contributed by atoms with Crippen LogP contribution in [0, 0.1) is 199 Å². The molecule has 312 valence electrons. The van der Waals surface area contributed by atoms with E-state index in [1.165, 1.54) is 51.4 Å². The molecule has 0 bridgehead atoms. The Kier molecular flexibility index (Phi) is 20.1. The van der Waals surface area contributed by atoms with Gasteiger partial charge in [0, 0.05) is 74.0 Å². The average molecular weight is 753 g/mol. The molecule has 0 saturated heterocycles. The molecule has 4 heteroatoms. The van der Waals surface area contributed by atoms with Crippen LogP contribution in [-0.4, -0.2) is 21.9 Å². The van der Waals surface area contributed by atoms with Crippen molar-refractivity contribution in [2.75, 3.05) is 0 Å². The van der Waals surface area contributed by atoms with Gasteiger partial charge in [-0.05, 0) is 233 Å². The first-order valence-electron chi connectivity index (χ1n) is 18.5. The third-order valence-corrected chi connectivity index (χ3v) is 11.3. The van der Waals surface area contributed by atoms with Crippen LogP contribution in [0.5, 0.6) is 0 Å². The van der Waals surface area contributed by atoms with E-state index in [2.05, 4.69) is 150 Å². The van der Waals surface area contributed by atoms with Gasteiger partial charge in [0.1, 0.15) is 0 Å². The van der Waals surface area contributed by atoms with Gasteiger partial charge in [-0.15, -0.1) is 6.42 Å². The molecule has 0 unspecified atom stereocenters. The highest BCUT2D eigenvalue weighted by molar-refractivity contribution is 5.47. The average Bonchev–Trinajstić information content (AvgIpc) is 3.52. The van der Waals surface area contributed by atoms with Crippen molar-refractivity contribution in [2.24, 2.45) is 46.8 Å². The molecule has 0 amide bonds. The van der Waals surface area contributed by atoms with Gasteiger partial charge in [0.15, 0.2) is 0 Å². The number of hydrogen-bond acceptors (Lipinski definition) is 4. The molecule has 4 nitrogen and oxygen atoms in total. The van der Waals surface area contributed by atoms with Crippen LogP contribution in [0.4, 0.5) is 0 Å². The Hall–Kier alpha value is -5.76. The smallest absolute Gasteiger partial charge is 0.0591 e. The molecular formula is C50H88O4. The standard InChI is InChI=1S/C25H44O2.C25H4.O2.20H2/c1-16(11-13-24(2,3)27)22-9-10-23-21-7-5-17-15-18(26)6-8-19(17)20(21)12-14-25(22,23)4;1-3-5-7-9-11-13-15-17-19-21-23-25-24-22-20-18-16-14-12-10-8-6-4-2;1-2;;;;;;;;;;;;;;;;;;;;/h16-23,26-27H,5-15H2,1-4H3;1H,2H3;;20*1H/t16-,17+,18+,19+,20-,21-,22-,23+,25-;;;;;;;;;;;;;;;;;;;;;;/m1....................../s1. The minimum atomic E-state index is -0.519. The van der Waals surface area contributed by atoms with E-state index in [9.17, 15) is 10.2 Å². The van der Waals surface area contributed by atoms with Crippen LogP contribution in [0.1, 0.15) is 134 Å². The maximum absolute atomic E-state index is 10.2. The zero-order valence-electron chi connectivity index (χ0n) is 32.2. The summed E-state index contributed by atoms with van der Waals surface area (Å²) in [7, 11) is 0. The highest BCUT2D eigenvalue weighted by Crippen LogP contribution is 2.65. The minimum Gasteiger partial charge on any atom is -0.393 e. The van der Waals surface area contributed by atoms with Crippen LogP contribution >= 0.6 is 0 Å². The van der Waals surface area contributed by atoms with Gasteiger partial charge in [-0.3, -0.25) is 0 Å². The summed E-state index contributed by atoms with van der Waals surface area (Å²) < 4.78 is 0. The summed E-state index contributed by atoms with van der Waals surface area (Å²) in [5.41, 5.74) is 0.0238. The van der Waals surface area contributed by atoms with Gasteiger partial charge in [0.05, 0.1) is 11.7 Å². The number of aliphatic hydroxyl groups excluding tert-OH is 1. The highest BCUT2D eigenvalue weighted by atomic mass is 16.7. The summed E-state index contributed by atoms with van der Waals surface area (Å²) in [4.78, 5) is 14.0. The van der Waals surface area contributed by atoms with Crippen molar-refractivity contribution in [3.05, 3.63) is 9.93 Å². The lowest BCUT2D eigenvalue weighted by Crippen LogP contribution is -2.49. The van der Waals surface area contributed by atoms with Crippen molar-refractivity contribution < 1.29 is 38.7 Å². The third kappa shape index (κ3) is 15.1. The van der Waals surface area contributed by atoms with Gasteiger partial charge in [-0.2, -0.15) is 0 Å². The Balaban J connectivity index is -0.0000000369. The first kappa shape index (κ1) is 44.4. The SMILES string of the molecule is C#CC#CC#CC#CC#CC#CC#CC#CC#CC#CC#CC#CC.C[C@H](CCC(C)(C)O)[C@H]1CC[C@H]2[C@@H]3CC[C@H]4C[C@@H](O)CC[C@@H]4[C@H]3CC[C@]12C.O=O.[HH].[HH].[HH].[HH].[HH].[HH].[HH].[HH].[HH].[HH].[HH].[HH].[HH].[HH].[HH].[HH].[HH].[HH].[HH].[HH]. The van der Waals surface area contributed by atoms with Gasteiger partial charge < -0.3 is 10.2 Å². The van der Waals surface area contributed by atoms with E-state index in [0.717, 1.165) is 60.7 Å². The molecule has 4 rings (SSSR count). The summed E-state index contributed by atoms with van der Waals surface area (Å²) in [5, 5.41) is 20.3. The topological polar surface area (TPSA) is 74.6 Å². The second-order valence-corrected chi connectivity index (χ2v) is 15.0. The fourth-order valence-corrected chi connectivity index (χ4v) is 9.28. The molecule has 9 atom stereocenters. The van der Waals surface area contributed by atoms with Crippen molar-refractivity contribution >= 4 is 0 Å². The normalized spacial score (nSPS) is 26.1. The molecule has 2 N–H and O–H groups in total. The first-order chi connectivity index (χ1) is 26.1. The van der Waals surface area contributed by atoms with Crippen LogP contribution in [0.15, 0.2) is 0 Å². The molecule has 4 aliphatic rings. The summed E-state index contributed by atoms with van der Waals surface area (Å²) in [6.45, 7) is 10.7. The van der Waals surface area contributed by atoms with Gasteiger partial charge in [-0.25, -0.2) is 0 Å². The molecule has 4 fully saturated rings. The molecule has 0 radical (unpaired) electrons. The lowest BCUT2D eigenvalue weighted by Gasteiger charge is -2.56. The largest absolute Gasteiger partial charge is 0.393 e. The molecule has 0 aromatic heterocycles. The van der Waals surface area contributed by atoms with Crippen LogP contribution in [0.25, 0.3) is 0 Å². The Labute approximate surface area is 355 Å². The third-order valence-electron chi connectivity index (χ3n) is 11.3. The predicted octanol–water partition coefficient (Wildman–Crippen LogP) is 11.5. The molecule has 4 saturated carbocycles. The molecule has 0 aliphatic heterocycles. The van der Waals surface area contributed by atoms with Gasteiger partial charge in [-0.1, -0.05) is 19.8 Å². The first-order valence-corrected chi connectivity index (χ1v) is 18.5. The van der Waals surface area contributed by atoms with Crippen molar-refractivity contribution in [3.8, 4) is 143 Å². The molecule has 0 spiro atoms. The fourth-order valence-electron chi connectivity index (χ4n) is 9.28. The van der Waals surface area contributed by atoms with Crippen molar-refractivity contribution in [1.29, 1.82) is 0 Å². The van der Waals surface area contributed by atoms with Gasteiger partial charge in [0.2, 0.25) is 0 Å². The zero-order chi connectivity index (χ0) is 39.7. The molecule has 54 heavy (non-hydrogen) atoms. The molecule has 0 heterocycles. The zero-order valence-corrected chi connectivity index (χ0v) is 32.2. The maximum Gasteiger partial charge on any atom is 0.0591 e. The van der Waals surface area contributed by atoms with E-state index >= 15 is 0 Å². The number of aliphatic hydroxyl groups is 2. The summed E-state index contributed by atoms with van der Waals surface area (Å²) in [6, 6.07) is 0. The number of terminal acetylenes is 1. The minimum absolute atomic E-state index is 0. The van der Waals surface area contributed by atoms with Crippen LogP contribution in [0.2, 0.25) is 0 Å². The Morgan fingerprint density at radius 3 is 1.59 bits per heavy atom. The summed E-state index contributed by atoms with van der Waals surface area (Å²) in [5.74, 6) is 63.1. The summed E-state index contributed by atoms with van der Waals surface area (Å²) >= 11 is 0. The van der Waals surface area contributed by atoms with Crippen molar-refractivity contribution in [3.63, 3.8) is 0 Å². The number of fused-ring (bicyclic) bond motifs is 5. The number of hydrogen-bond donors (Lipinski definition) is 2. The predicted molar refractivity (Wildman–Crippen MR) is 260 cm³/mol. The second-order valence-electron chi connectivity index (χ2n) is 15.0.